The van der Waals surface area contributed by atoms with Crippen LogP contribution in [0, 0.1) is 3.57 Å². The van der Waals surface area contributed by atoms with E-state index in [1.807, 2.05) is 61.5 Å². The smallest absolute Gasteiger partial charge is 0.258 e. The van der Waals surface area contributed by atoms with Crippen LogP contribution in [0.1, 0.15) is 23.6 Å². The third-order valence-corrected chi connectivity index (χ3v) is 9.36. The number of benzene rings is 4. The van der Waals surface area contributed by atoms with Crippen molar-refractivity contribution in [3.05, 3.63) is 120 Å². The number of halogens is 3. The van der Waals surface area contributed by atoms with Crippen LogP contribution in [-0.2, 0) is 27.8 Å². The lowest BCUT2D eigenvalue weighted by Crippen LogP contribution is -2.46. The van der Waals surface area contributed by atoms with Gasteiger partial charge in [-0.05, 0) is 117 Å². The number of rotatable bonds is 13. The molecule has 0 aliphatic carbocycles. The number of hydrazone groups is 1. The number of sulfonamides is 1. The molecule has 0 aromatic heterocycles. The van der Waals surface area contributed by atoms with Crippen LogP contribution in [0.4, 0.5) is 0 Å². The summed E-state index contributed by atoms with van der Waals surface area (Å²) in [7, 11) is -3.97. The second-order valence-electron chi connectivity index (χ2n) is 9.23. The Balaban J connectivity index is 1.49. The molecular formula is C31H28Br2IN3O5S. The maximum Gasteiger partial charge on any atom is 0.258 e. The highest BCUT2D eigenvalue weighted by molar-refractivity contribution is 14.1. The summed E-state index contributed by atoms with van der Waals surface area (Å²) in [5.74, 6) is 0.445. The van der Waals surface area contributed by atoms with Crippen molar-refractivity contribution in [2.45, 2.75) is 30.9 Å². The number of nitrogens with one attached hydrogen (secondary N) is 2. The van der Waals surface area contributed by atoms with Crippen LogP contribution in [0.2, 0.25) is 0 Å². The van der Waals surface area contributed by atoms with Gasteiger partial charge in [0.25, 0.3) is 5.91 Å². The average molecular weight is 841 g/mol. The molecule has 8 nitrogen and oxygen atoms in total. The van der Waals surface area contributed by atoms with Crippen LogP contribution in [0.25, 0.3) is 0 Å². The van der Waals surface area contributed by atoms with Gasteiger partial charge in [-0.1, -0.05) is 58.4 Å². The highest BCUT2D eigenvalue weighted by Crippen LogP contribution is 2.37. The summed E-state index contributed by atoms with van der Waals surface area (Å²) in [6.45, 7) is 2.63. The van der Waals surface area contributed by atoms with E-state index in [4.69, 9.17) is 9.47 Å². The highest BCUT2D eigenvalue weighted by atomic mass is 127. The molecule has 0 saturated carbocycles. The van der Waals surface area contributed by atoms with E-state index in [0.717, 1.165) is 19.2 Å². The fraction of sp³-hybridized carbons (Fsp3) is 0.161. The maximum atomic E-state index is 13.2. The third-order valence-electron chi connectivity index (χ3n) is 6.04. The Bertz CT molecular complexity index is 1670. The number of carbonyl (C=O) groups excluding carboxylic acids is 1. The quantitative estimate of drug-likeness (QED) is 0.0873. The predicted octanol–water partition coefficient (Wildman–Crippen LogP) is 6.83. The van der Waals surface area contributed by atoms with Gasteiger partial charge < -0.3 is 9.47 Å². The first-order valence-electron chi connectivity index (χ1n) is 13.1. The minimum Gasteiger partial charge on any atom is -0.490 e. The fourth-order valence-electron chi connectivity index (χ4n) is 3.96. The molecule has 4 rings (SSSR count). The number of hydrogen-bond donors (Lipinski definition) is 2. The van der Waals surface area contributed by atoms with E-state index < -0.39 is 22.0 Å². The lowest BCUT2D eigenvalue weighted by Gasteiger charge is -2.17. The van der Waals surface area contributed by atoms with Gasteiger partial charge in [0.05, 0.1) is 22.2 Å². The molecular weight excluding hydrogens is 813 g/mol. The molecule has 0 heterocycles. The van der Waals surface area contributed by atoms with Crippen molar-refractivity contribution in [2.75, 3.05) is 6.61 Å². The summed E-state index contributed by atoms with van der Waals surface area (Å²) in [4.78, 5) is 13.3. The lowest BCUT2D eigenvalue weighted by atomic mass is 10.1. The summed E-state index contributed by atoms with van der Waals surface area (Å²) in [6.07, 6.45) is 1.59. The Morgan fingerprint density at radius 1 is 0.953 bits per heavy atom. The van der Waals surface area contributed by atoms with E-state index >= 15 is 0 Å². The topological polar surface area (TPSA) is 106 Å². The Morgan fingerprint density at radius 2 is 1.65 bits per heavy atom. The zero-order valence-electron chi connectivity index (χ0n) is 23.0. The molecule has 0 aliphatic heterocycles. The van der Waals surface area contributed by atoms with Gasteiger partial charge in [-0.25, -0.2) is 13.8 Å². The van der Waals surface area contributed by atoms with E-state index in [2.05, 4.69) is 69.7 Å². The van der Waals surface area contributed by atoms with Crippen LogP contribution in [0.5, 0.6) is 11.5 Å². The van der Waals surface area contributed by atoms with Crippen molar-refractivity contribution in [1.29, 1.82) is 0 Å². The van der Waals surface area contributed by atoms with Crippen molar-refractivity contribution in [3.63, 3.8) is 0 Å². The zero-order valence-corrected chi connectivity index (χ0v) is 29.1. The first kappa shape index (κ1) is 33.1. The van der Waals surface area contributed by atoms with Gasteiger partial charge in [0.15, 0.2) is 11.5 Å². The summed E-state index contributed by atoms with van der Waals surface area (Å²) in [6, 6.07) is 25.8. The Kier molecular flexibility index (Phi) is 12.2. The number of hydrogen-bond acceptors (Lipinski definition) is 6. The van der Waals surface area contributed by atoms with Crippen molar-refractivity contribution >= 4 is 76.6 Å². The SMILES string of the molecule is CCOc1cc(/C=N\NC(=O)[C@H](Cc2ccccc2)NS(=O)(=O)c2ccc(I)cc2)cc(Br)c1OCc1ccc(Br)cc1. The van der Waals surface area contributed by atoms with Gasteiger partial charge in [-0.3, -0.25) is 4.79 Å². The largest absolute Gasteiger partial charge is 0.490 e. The number of amides is 1. The first-order chi connectivity index (χ1) is 20.6. The molecule has 0 aliphatic rings. The van der Waals surface area contributed by atoms with Gasteiger partial charge in [0.1, 0.15) is 12.6 Å². The third kappa shape index (κ3) is 9.86. The Hall–Kier alpha value is -2.78. The number of carbonyl (C=O) groups is 1. The number of ether oxygens (including phenoxy) is 2. The van der Waals surface area contributed by atoms with Crippen molar-refractivity contribution < 1.29 is 22.7 Å². The molecule has 2 N–H and O–H groups in total. The molecule has 0 saturated heterocycles. The summed E-state index contributed by atoms with van der Waals surface area (Å²) in [5, 5.41) is 4.11. The maximum absolute atomic E-state index is 13.2. The second-order valence-corrected chi connectivity index (χ2v) is 14.0. The van der Waals surface area contributed by atoms with E-state index in [0.29, 0.717) is 34.7 Å². The fourth-order valence-corrected chi connectivity index (χ4v) is 6.35. The molecule has 1 atom stereocenters. The zero-order chi connectivity index (χ0) is 30.8. The van der Waals surface area contributed by atoms with Crippen LogP contribution in [0.3, 0.4) is 0 Å². The summed E-state index contributed by atoms with van der Waals surface area (Å²) < 4.78 is 43.1. The molecule has 12 heteroatoms. The molecule has 4 aromatic rings. The van der Waals surface area contributed by atoms with Crippen molar-refractivity contribution in [1.82, 2.24) is 10.1 Å². The van der Waals surface area contributed by atoms with Gasteiger partial charge >= 0.3 is 0 Å². The van der Waals surface area contributed by atoms with E-state index in [1.54, 1.807) is 24.3 Å². The monoisotopic (exact) mass is 839 g/mol. The van der Waals surface area contributed by atoms with Crippen LogP contribution in [-0.4, -0.2) is 33.2 Å². The summed E-state index contributed by atoms with van der Waals surface area (Å²) in [5.41, 5.74) is 4.90. The number of nitrogens with zero attached hydrogens (tertiary/aromatic N) is 1. The van der Waals surface area contributed by atoms with Gasteiger partial charge in [-0.15, -0.1) is 0 Å². The minimum atomic E-state index is -3.97. The normalized spacial score (nSPS) is 12.2. The first-order valence-corrected chi connectivity index (χ1v) is 17.3. The Morgan fingerprint density at radius 3 is 2.33 bits per heavy atom. The highest BCUT2D eigenvalue weighted by Gasteiger charge is 2.26. The molecule has 43 heavy (non-hydrogen) atoms. The predicted molar refractivity (Wildman–Crippen MR) is 183 cm³/mol. The van der Waals surface area contributed by atoms with E-state index in [9.17, 15) is 13.2 Å². The van der Waals surface area contributed by atoms with Crippen LogP contribution < -0.4 is 19.6 Å². The summed E-state index contributed by atoms with van der Waals surface area (Å²) >= 11 is 9.09. The standard InChI is InChI=1S/C31H28Br2IN3O5S/c1-2-41-29-18-23(16-27(33)30(29)42-20-22-8-10-24(32)11-9-22)19-35-36-31(38)28(17-21-6-4-3-5-7-21)37-43(39,40)26-14-12-25(34)13-15-26/h3-16,18-19,28,37H,2,17,20H2,1H3,(H,36,38)/b35-19-/t28-/m0/s1. The molecule has 0 unspecified atom stereocenters. The minimum absolute atomic E-state index is 0.0676. The van der Waals surface area contributed by atoms with Gasteiger partial charge in [0.2, 0.25) is 10.0 Å². The van der Waals surface area contributed by atoms with Gasteiger partial charge in [-0.2, -0.15) is 9.82 Å². The lowest BCUT2D eigenvalue weighted by molar-refractivity contribution is -0.122. The van der Waals surface area contributed by atoms with Crippen LogP contribution >= 0.6 is 54.5 Å². The molecule has 0 fully saturated rings. The molecule has 1 amide bonds. The second kappa shape index (κ2) is 15.8. The molecule has 4 aromatic carbocycles. The van der Waals surface area contributed by atoms with E-state index in [1.165, 1.54) is 18.3 Å². The average Bonchev–Trinajstić information content (AvgIpc) is 2.98. The molecule has 0 radical (unpaired) electrons. The Labute approximate surface area is 281 Å². The van der Waals surface area contributed by atoms with Gasteiger partial charge in [0, 0.05) is 8.04 Å². The molecule has 224 valence electrons. The molecule has 0 spiro atoms. The van der Waals surface area contributed by atoms with Crippen molar-refractivity contribution in [3.8, 4) is 11.5 Å². The van der Waals surface area contributed by atoms with Crippen molar-refractivity contribution in [2.24, 2.45) is 5.10 Å². The van der Waals surface area contributed by atoms with E-state index in [-0.39, 0.29) is 11.3 Å². The molecule has 0 bridgehead atoms. The van der Waals surface area contributed by atoms with Crippen LogP contribution in [0.15, 0.2) is 110 Å².